The van der Waals surface area contributed by atoms with Gasteiger partial charge in [0, 0.05) is 74.0 Å². The number of para-hydroxylation sites is 1. The molecule has 3 aliphatic rings. The van der Waals surface area contributed by atoms with E-state index >= 15 is 0 Å². The van der Waals surface area contributed by atoms with E-state index in [2.05, 4.69) is 58.1 Å². The van der Waals surface area contributed by atoms with Crippen molar-refractivity contribution in [3.63, 3.8) is 0 Å². The van der Waals surface area contributed by atoms with Gasteiger partial charge in [0.1, 0.15) is 0 Å². The maximum Gasteiger partial charge on any atom is 0.225 e. The van der Waals surface area contributed by atoms with Crippen LogP contribution in [0, 0.1) is 0 Å². The molecule has 0 spiro atoms. The smallest absolute Gasteiger partial charge is 0.225 e. The minimum atomic E-state index is 0.446. The number of benzene rings is 1. The summed E-state index contributed by atoms with van der Waals surface area (Å²) in [6.45, 7) is 4.31. The second kappa shape index (κ2) is 6.82. The SMILES string of the molecule is Cn1cc(CN2C3CCC2c2cnc(N4CCOCC4)nc2C3)c2ccccc21. The predicted molar refractivity (Wildman–Crippen MR) is 113 cm³/mol. The fraction of sp³-hybridized carbons (Fsp3) is 0.478. The molecule has 1 aromatic carbocycles. The lowest BCUT2D eigenvalue weighted by molar-refractivity contribution is 0.122. The Morgan fingerprint density at radius 1 is 1.14 bits per heavy atom. The van der Waals surface area contributed by atoms with Crippen LogP contribution in [-0.4, -0.2) is 51.8 Å². The molecule has 2 aromatic heterocycles. The van der Waals surface area contributed by atoms with E-state index < -0.39 is 0 Å². The van der Waals surface area contributed by atoms with Crippen LogP contribution >= 0.6 is 0 Å². The highest BCUT2D eigenvalue weighted by Gasteiger charge is 2.41. The monoisotopic (exact) mass is 389 g/mol. The number of aryl methyl sites for hydroxylation is 1. The van der Waals surface area contributed by atoms with Gasteiger partial charge in [0.2, 0.25) is 5.95 Å². The summed E-state index contributed by atoms with van der Waals surface area (Å²) in [5, 5.41) is 1.37. The summed E-state index contributed by atoms with van der Waals surface area (Å²) in [5.41, 5.74) is 5.35. The molecule has 6 heteroatoms. The number of hydrogen-bond acceptors (Lipinski definition) is 5. The largest absolute Gasteiger partial charge is 0.378 e. The normalized spacial score (nSPS) is 24.2. The standard InChI is InChI=1S/C23H27N5O/c1-26-14-16(18-4-2-3-5-21(18)26)15-28-17-6-7-22(28)19-13-24-23(25-20(19)12-17)27-8-10-29-11-9-27/h2-5,13-14,17,22H,6-12,15H2,1H3. The van der Waals surface area contributed by atoms with Crippen molar-refractivity contribution in [2.45, 2.75) is 37.9 Å². The number of hydrogen-bond donors (Lipinski definition) is 0. The lowest BCUT2D eigenvalue weighted by Gasteiger charge is -2.36. The highest BCUT2D eigenvalue weighted by atomic mass is 16.5. The molecule has 6 rings (SSSR count). The Morgan fingerprint density at radius 2 is 2.00 bits per heavy atom. The van der Waals surface area contributed by atoms with Gasteiger partial charge in [0.05, 0.1) is 18.9 Å². The van der Waals surface area contributed by atoms with Crippen molar-refractivity contribution < 1.29 is 4.74 Å². The molecule has 0 N–H and O–H groups in total. The molecule has 0 amide bonds. The third-order valence-electron chi connectivity index (χ3n) is 6.94. The Kier molecular flexibility index (Phi) is 4.09. The average Bonchev–Trinajstić information content (AvgIpc) is 3.23. The van der Waals surface area contributed by atoms with E-state index in [1.165, 1.54) is 40.6 Å². The predicted octanol–water partition coefficient (Wildman–Crippen LogP) is 3.07. The van der Waals surface area contributed by atoms with E-state index in [0.29, 0.717) is 12.1 Å². The van der Waals surface area contributed by atoms with Gasteiger partial charge < -0.3 is 14.2 Å². The maximum atomic E-state index is 5.48. The van der Waals surface area contributed by atoms with E-state index in [1.54, 1.807) is 0 Å². The summed E-state index contributed by atoms with van der Waals surface area (Å²) < 4.78 is 7.73. The first-order valence-corrected chi connectivity index (χ1v) is 10.7. The van der Waals surface area contributed by atoms with Crippen LogP contribution in [-0.2, 0) is 24.8 Å². The number of ether oxygens (including phenoxy) is 1. The zero-order valence-corrected chi connectivity index (χ0v) is 16.9. The molecule has 2 bridgehead atoms. The quantitative estimate of drug-likeness (QED) is 0.689. The molecule has 0 radical (unpaired) electrons. The lowest BCUT2D eigenvalue weighted by Crippen LogP contribution is -2.40. The first kappa shape index (κ1) is 17.4. The lowest BCUT2D eigenvalue weighted by atomic mass is 9.98. The molecular formula is C23H27N5O. The molecule has 2 saturated heterocycles. The van der Waals surface area contributed by atoms with Crippen molar-refractivity contribution in [2.24, 2.45) is 7.05 Å². The van der Waals surface area contributed by atoms with Crippen LogP contribution in [0.2, 0.25) is 0 Å². The Balaban J connectivity index is 1.30. The average molecular weight is 390 g/mol. The number of nitrogens with zero attached hydrogens (tertiary/aromatic N) is 5. The highest BCUT2D eigenvalue weighted by Crippen LogP contribution is 2.44. The van der Waals surface area contributed by atoms with Crippen molar-refractivity contribution in [2.75, 3.05) is 31.2 Å². The minimum absolute atomic E-state index is 0.446. The van der Waals surface area contributed by atoms with Gasteiger partial charge in [-0.3, -0.25) is 4.90 Å². The van der Waals surface area contributed by atoms with Gasteiger partial charge in [0.15, 0.2) is 0 Å². The highest BCUT2D eigenvalue weighted by molar-refractivity contribution is 5.83. The zero-order chi connectivity index (χ0) is 19.4. The molecule has 6 nitrogen and oxygen atoms in total. The zero-order valence-electron chi connectivity index (χ0n) is 16.9. The fourth-order valence-corrected chi connectivity index (χ4v) is 5.47. The summed E-state index contributed by atoms with van der Waals surface area (Å²) in [6, 6.07) is 9.76. The van der Waals surface area contributed by atoms with E-state index in [1.807, 2.05) is 0 Å². The maximum absolute atomic E-state index is 5.48. The Bertz CT molecular complexity index is 1050. The van der Waals surface area contributed by atoms with Crippen LogP contribution in [0.5, 0.6) is 0 Å². The molecule has 5 heterocycles. The first-order chi connectivity index (χ1) is 14.3. The van der Waals surface area contributed by atoms with Crippen molar-refractivity contribution in [3.05, 3.63) is 53.5 Å². The Morgan fingerprint density at radius 3 is 2.90 bits per heavy atom. The number of anilines is 1. The van der Waals surface area contributed by atoms with Gasteiger partial charge in [0.25, 0.3) is 0 Å². The molecule has 29 heavy (non-hydrogen) atoms. The topological polar surface area (TPSA) is 46.4 Å². The third kappa shape index (κ3) is 2.85. The number of rotatable bonds is 3. The van der Waals surface area contributed by atoms with Gasteiger partial charge in [-0.05, 0) is 24.5 Å². The van der Waals surface area contributed by atoms with Crippen LogP contribution in [0.4, 0.5) is 5.95 Å². The summed E-state index contributed by atoms with van der Waals surface area (Å²) >= 11 is 0. The summed E-state index contributed by atoms with van der Waals surface area (Å²) in [6.07, 6.45) is 7.91. The molecule has 150 valence electrons. The van der Waals surface area contributed by atoms with Crippen molar-refractivity contribution in [3.8, 4) is 0 Å². The molecule has 2 unspecified atom stereocenters. The van der Waals surface area contributed by atoms with Gasteiger partial charge in [-0.25, -0.2) is 9.97 Å². The van der Waals surface area contributed by atoms with Crippen LogP contribution in [0.3, 0.4) is 0 Å². The first-order valence-electron chi connectivity index (χ1n) is 10.7. The van der Waals surface area contributed by atoms with Crippen molar-refractivity contribution in [1.82, 2.24) is 19.4 Å². The van der Waals surface area contributed by atoms with E-state index in [-0.39, 0.29) is 0 Å². The van der Waals surface area contributed by atoms with Crippen LogP contribution in [0.1, 0.15) is 35.7 Å². The second-order valence-electron chi connectivity index (χ2n) is 8.58. The number of aromatic nitrogens is 3. The molecule has 3 aromatic rings. The fourth-order valence-electron chi connectivity index (χ4n) is 5.47. The van der Waals surface area contributed by atoms with Crippen molar-refractivity contribution in [1.29, 1.82) is 0 Å². The molecule has 0 saturated carbocycles. The van der Waals surface area contributed by atoms with Gasteiger partial charge in [-0.15, -0.1) is 0 Å². The van der Waals surface area contributed by atoms with E-state index in [0.717, 1.165) is 45.2 Å². The van der Waals surface area contributed by atoms with Crippen LogP contribution < -0.4 is 4.90 Å². The van der Waals surface area contributed by atoms with Crippen molar-refractivity contribution >= 4 is 16.9 Å². The van der Waals surface area contributed by atoms with Gasteiger partial charge in [-0.2, -0.15) is 0 Å². The summed E-state index contributed by atoms with van der Waals surface area (Å²) in [7, 11) is 2.15. The van der Waals surface area contributed by atoms with E-state index in [4.69, 9.17) is 14.7 Å². The molecule has 3 aliphatic heterocycles. The van der Waals surface area contributed by atoms with E-state index in [9.17, 15) is 0 Å². The third-order valence-corrected chi connectivity index (χ3v) is 6.94. The summed E-state index contributed by atoms with van der Waals surface area (Å²) in [5.74, 6) is 0.883. The molecular weight excluding hydrogens is 362 g/mol. The molecule has 0 aliphatic carbocycles. The Labute approximate surface area is 171 Å². The molecule has 2 atom stereocenters. The number of morpholine rings is 1. The second-order valence-corrected chi connectivity index (χ2v) is 8.58. The Hall–Kier alpha value is -2.44. The van der Waals surface area contributed by atoms with Crippen LogP contribution in [0.25, 0.3) is 10.9 Å². The van der Waals surface area contributed by atoms with Crippen LogP contribution in [0.15, 0.2) is 36.7 Å². The minimum Gasteiger partial charge on any atom is -0.378 e. The van der Waals surface area contributed by atoms with Gasteiger partial charge in [-0.1, -0.05) is 18.2 Å². The summed E-state index contributed by atoms with van der Waals surface area (Å²) in [4.78, 5) is 14.7. The number of fused-ring (bicyclic) bond motifs is 5. The van der Waals surface area contributed by atoms with Gasteiger partial charge >= 0.3 is 0 Å². The molecule has 2 fully saturated rings.